The van der Waals surface area contributed by atoms with Crippen molar-refractivity contribution in [2.45, 2.75) is 62.2 Å². The molecule has 0 aromatic rings. The lowest BCUT2D eigenvalue weighted by Crippen LogP contribution is -2.37. The average molecular weight is 546 g/mol. The first kappa shape index (κ1) is 35.5. The molecular weight excluding hydrogens is 518 g/mol. The number of methoxy groups -OCH3 is 2. The van der Waals surface area contributed by atoms with Crippen LogP contribution in [0.2, 0.25) is 0 Å². The summed E-state index contributed by atoms with van der Waals surface area (Å²) in [4.78, 5) is 39.6. The summed E-state index contributed by atoms with van der Waals surface area (Å²) < 4.78 is 72.6. The highest BCUT2D eigenvalue weighted by Gasteiger charge is 2.39. The number of hydrogen-bond donors (Lipinski definition) is 6. The van der Waals surface area contributed by atoms with Gasteiger partial charge < -0.3 is 29.9 Å². The van der Waals surface area contributed by atoms with Crippen molar-refractivity contribution in [3.8, 4) is 0 Å². The maximum Gasteiger partial charge on any atom is 0.490 e. The highest BCUT2D eigenvalue weighted by Crippen LogP contribution is 2.14. The van der Waals surface area contributed by atoms with Gasteiger partial charge in [-0.15, -0.1) is 0 Å². The van der Waals surface area contributed by atoms with Crippen LogP contribution in [-0.4, -0.2) is 108 Å². The lowest BCUT2D eigenvalue weighted by Gasteiger charge is -2.09. The third-order valence-electron chi connectivity index (χ3n) is 4.38. The van der Waals surface area contributed by atoms with Crippen molar-refractivity contribution in [1.29, 1.82) is 0 Å². The van der Waals surface area contributed by atoms with E-state index in [9.17, 15) is 35.9 Å². The highest BCUT2D eigenvalue weighted by atomic mass is 19.4. The summed E-state index contributed by atoms with van der Waals surface area (Å²) >= 11 is 0. The van der Waals surface area contributed by atoms with Crippen LogP contribution in [0.4, 0.5) is 26.3 Å². The summed E-state index contributed by atoms with van der Waals surface area (Å²) in [6.45, 7) is 0.182. The van der Waals surface area contributed by atoms with Crippen LogP contribution in [0, 0.1) is 0 Å². The summed E-state index contributed by atoms with van der Waals surface area (Å²) in [5.41, 5.74) is 0. The SMILES string of the molecule is COC(=O)C1CCC(CO)N1.COC(=O)C1CCC(CO)N1.O=C(O)C(F)(F)F.O=C(O)C(F)(F)F. The molecule has 36 heavy (non-hydrogen) atoms. The van der Waals surface area contributed by atoms with Gasteiger partial charge in [-0.2, -0.15) is 26.3 Å². The lowest BCUT2D eigenvalue weighted by atomic mass is 10.2. The minimum absolute atomic E-state index is 0.0686. The van der Waals surface area contributed by atoms with Crippen LogP contribution >= 0.6 is 0 Å². The molecule has 4 unspecified atom stereocenters. The smallest absolute Gasteiger partial charge is 0.475 e. The number of halogens is 6. The van der Waals surface area contributed by atoms with E-state index in [1.807, 2.05) is 0 Å². The second-order valence-electron chi connectivity index (χ2n) is 7.00. The Morgan fingerprint density at radius 3 is 1.08 bits per heavy atom. The Hall–Kier alpha value is -2.70. The molecule has 18 heteroatoms. The zero-order chi connectivity index (χ0) is 28.7. The van der Waals surface area contributed by atoms with Crippen molar-refractivity contribution in [2.75, 3.05) is 27.4 Å². The van der Waals surface area contributed by atoms with Crippen molar-refractivity contribution in [2.24, 2.45) is 0 Å². The van der Waals surface area contributed by atoms with E-state index in [-0.39, 0.29) is 49.3 Å². The molecule has 0 saturated carbocycles. The summed E-state index contributed by atoms with van der Waals surface area (Å²) in [5, 5.41) is 37.6. The van der Waals surface area contributed by atoms with Crippen LogP contribution in [0.25, 0.3) is 0 Å². The lowest BCUT2D eigenvalue weighted by molar-refractivity contribution is -0.193. The molecule has 0 aromatic carbocycles. The quantitative estimate of drug-likeness (QED) is 0.202. The van der Waals surface area contributed by atoms with Gasteiger partial charge in [-0.1, -0.05) is 0 Å². The summed E-state index contributed by atoms with van der Waals surface area (Å²) in [5.74, 6) is -5.98. The molecule has 0 aliphatic carbocycles. The van der Waals surface area contributed by atoms with Gasteiger partial charge in [0.1, 0.15) is 12.1 Å². The van der Waals surface area contributed by atoms with Gasteiger partial charge in [-0.3, -0.25) is 20.2 Å². The Morgan fingerprint density at radius 2 is 0.944 bits per heavy atom. The topological polar surface area (TPSA) is 192 Å². The molecule has 6 N–H and O–H groups in total. The van der Waals surface area contributed by atoms with Crippen molar-refractivity contribution in [3.05, 3.63) is 0 Å². The monoisotopic (exact) mass is 546 g/mol. The molecule has 2 heterocycles. The number of carbonyl (C=O) groups excluding carboxylic acids is 2. The maximum atomic E-state index is 10.9. The number of hydrogen-bond acceptors (Lipinski definition) is 10. The molecule has 2 aliphatic rings. The molecule has 212 valence electrons. The van der Waals surface area contributed by atoms with E-state index in [2.05, 4.69) is 20.1 Å². The van der Waals surface area contributed by atoms with E-state index < -0.39 is 24.3 Å². The normalized spacial score (nSPS) is 22.9. The van der Waals surface area contributed by atoms with Crippen LogP contribution in [0.15, 0.2) is 0 Å². The van der Waals surface area contributed by atoms with Gasteiger partial charge >= 0.3 is 36.2 Å². The van der Waals surface area contributed by atoms with Crippen LogP contribution in [-0.2, 0) is 28.7 Å². The first-order chi connectivity index (χ1) is 16.4. The van der Waals surface area contributed by atoms with Crippen LogP contribution < -0.4 is 10.6 Å². The van der Waals surface area contributed by atoms with Crippen molar-refractivity contribution < 1.29 is 75.4 Å². The van der Waals surface area contributed by atoms with Gasteiger partial charge in [0, 0.05) is 12.1 Å². The van der Waals surface area contributed by atoms with E-state index in [0.29, 0.717) is 0 Å². The maximum absolute atomic E-state index is 10.9. The van der Waals surface area contributed by atoms with Crippen molar-refractivity contribution in [3.63, 3.8) is 0 Å². The molecule has 2 aliphatic heterocycles. The number of rotatable bonds is 4. The minimum atomic E-state index is -5.08. The fourth-order valence-electron chi connectivity index (χ4n) is 2.58. The van der Waals surface area contributed by atoms with Crippen molar-refractivity contribution >= 4 is 23.9 Å². The largest absolute Gasteiger partial charge is 0.490 e. The second kappa shape index (κ2) is 16.9. The fourth-order valence-corrected chi connectivity index (χ4v) is 2.58. The molecule has 2 saturated heterocycles. The Kier molecular flexibility index (Phi) is 16.6. The third kappa shape index (κ3) is 15.3. The van der Waals surface area contributed by atoms with E-state index in [4.69, 9.17) is 30.0 Å². The van der Waals surface area contributed by atoms with Crippen molar-refractivity contribution in [1.82, 2.24) is 10.6 Å². The Labute approximate surface area is 200 Å². The Balaban J connectivity index is 0. The van der Waals surface area contributed by atoms with Gasteiger partial charge in [0.25, 0.3) is 0 Å². The molecule has 2 fully saturated rings. The standard InChI is InChI=1S/2C7H13NO3.2C2HF3O2/c2*1-11-7(10)6-3-2-5(4-9)8-6;2*3-2(4,5)1(6)7/h2*5-6,8-9H,2-4H2,1H3;2*(H,6,7). The molecule has 0 spiro atoms. The first-order valence-electron chi connectivity index (χ1n) is 9.94. The molecule has 0 bridgehead atoms. The van der Waals surface area contributed by atoms with Gasteiger partial charge in [0.05, 0.1) is 27.4 Å². The number of aliphatic hydroxyl groups is 2. The number of nitrogens with one attached hydrogen (secondary N) is 2. The average Bonchev–Trinajstić information content (AvgIpc) is 3.47. The summed E-state index contributed by atoms with van der Waals surface area (Å²) in [6.07, 6.45) is -6.96. The number of aliphatic carboxylic acids is 2. The number of alkyl halides is 6. The predicted octanol–water partition coefficient (Wildman–Crippen LogP) is -0.189. The molecule has 4 atom stereocenters. The molecular formula is C18H28F6N2O10. The first-order valence-corrected chi connectivity index (χ1v) is 9.94. The van der Waals surface area contributed by atoms with Crippen LogP contribution in [0.1, 0.15) is 25.7 Å². The third-order valence-corrected chi connectivity index (χ3v) is 4.38. The fraction of sp³-hybridized carbons (Fsp3) is 0.778. The Morgan fingerprint density at radius 1 is 0.694 bits per heavy atom. The molecule has 12 nitrogen and oxygen atoms in total. The number of carboxylic acids is 2. The molecule has 0 amide bonds. The number of carbonyl (C=O) groups is 4. The summed E-state index contributed by atoms with van der Waals surface area (Å²) in [7, 11) is 2.74. The number of ether oxygens (including phenoxy) is 2. The zero-order valence-corrected chi connectivity index (χ0v) is 19.1. The predicted molar refractivity (Wildman–Crippen MR) is 105 cm³/mol. The Bertz CT molecular complexity index is 647. The van der Waals surface area contributed by atoms with Gasteiger partial charge in [-0.05, 0) is 25.7 Å². The second-order valence-corrected chi connectivity index (χ2v) is 7.00. The minimum Gasteiger partial charge on any atom is -0.475 e. The van der Waals surface area contributed by atoms with Gasteiger partial charge in [-0.25, -0.2) is 9.59 Å². The number of aliphatic hydroxyl groups excluding tert-OH is 2. The van der Waals surface area contributed by atoms with E-state index in [1.165, 1.54) is 14.2 Å². The summed E-state index contributed by atoms with van der Waals surface area (Å²) in [6, 6.07) is -0.285. The van der Waals surface area contributed by atoms with Gasteiger partial charge in [0.15, 0.2) is 0 Å². The molecule has 2 rings (SSSR count). The van der Waals surface area contributed by atoms with E-state index in [1.54, 1.807) is 0 Å². The van der Waals surface area contributed by atoms with E-state index >= 15 is 0 Å². The van der Waals surface area contributed by atoms with Gasteiger partial charge in [0.2, 0.25) is 0 Å². The number of esters is 2. The highest BCUT2D eigenvalue weighted by molar-refractivity contribution is 5.76. The van der Waals surface area contributed by atoms with Crippen LogP contribution in [0.3, 0.4) is 0 Å². The van der Waals surface area contributed by atoms with Crippen LogP contribution in [0.5, 0.6) is 0 Å². The number of carboxylic acid groups (broad SMARTS) is 2. The van der Waals surface area contributed by atoms with E-state index in [0.717, 1.165) is 25.7 Å². The molecule has 0 aromatic heterocycles. The molecule has 0 radical (unpaired) electrons. The zero-order valence-electron chi connectivity index (χ0n) is 19.1.